The molecule has 0 saturated carbocycles. The molecule has 0 aliphatic carbocycles. The summed E-state index contributed by atoms with van der Waals surface area (Å²) in [5.74, 6) is -0.995. The Bertz CT molecular complexity index is 514. The van der Waals surface area contributed by atoms with Gasteiger partial charge < -0.3 is 5.11 Å². The maximum Gasteiger partial charge on any atom is 0.356 e. The van der Waals surface area contributed by atoms with Crippen molar-refractivity contribution in [3.63, 3.8) is 0 Å². The number of nitrogens with zero attached hydrogens (tertiary/aromatic N) is 2. The van der Waals surface area contributed by atoms with Gasteiger partial charge in [-0.3, -0.25) is 4.68 Å². The quantitative estimate of drug-likeness (QED) is 0.876. The Morgan fingerprint density at radius 2 is 1.88 bits per heavy atom. The lowest BCUT2D eigenvalue weighted by Gasteiger charge is -2.03. The molecule has 4 heteroatoms. The van der Waals surface area contributed by atoms with E-state index in [4.69, 9.17) is 5.11 Å². The molecule has 0 radical (unpaired) electrons. The first-order valence-corrected chi connectivity index (χ1v) is 5.53. The van der Waals surface area contributed by atoms with Crippen molar-refractivity contribution in [2.24, 2.45) is 0 Å². The highest BCUT2D eigenvalue weighted by Gasteiger charge is 2.06. The number of aromatic carboxylic acids is 1. The number of aromatic nitrogens is 2. The summed E-state index contributed by atoms with van der Waals surface area (Å²) in [6.07, 6.45) is 2.70. The second kappa shape index (κ2) is 4.82. The lowest BCUT2D eigenvalue weighted by atomic mass is 10.1. The number of carboxylic acids is 1. The molecule has 88 valence electrons. The van der Waals surface area contributed by atoms with Crippen LogP contribution in [0.15, 0.2) is 36.5 Å². The first kappa shape index (κ1) is 11.4. The summed E-state index contributed by atoms with van der Waals surface area (Å²) in [7, 11) is 0. The van der Waals surface area contributed by atoms with Crippen molar-refractivity contribution in [3.8, 4) is 0 Å². The van der Waals surface area contributed by atoms with Crippen molar-refractivity contribution in [3.05, 3.63) is 53.3 Å². The first-order valence-electron chi connectivity index (χ1n) is 5.53. The highest BCUT2D eigenvalue weighted by atomic mass is 16.4. The van der Waals surface area contributed by atoms with Crippen LogP contribution in [0.2, 0.25) is 0 Å². The van der Waals surface area contributed by atoms with Crippen molar-refractivity contribution in [1.29, 1.82) is 0 Å². The maximum absolute atomic E-state index is 10.7. The zero-order valence-electron chi connectivity index (χ0n) is 9.63. The molecular weight excluding hydrogens is 216 g/mol. The van der Waals surface area contributed by atoms with Crippen LogP contribution in [0.1, 0.15) is 28.5 Å². The van der Waals surface area contributed by atoms with E-state index in [-0.39, 0.29) is 5.69 Å². The second-order valence-electron chi connectivity index (χ2n) is 3.87. The van der Waals surface area contributed by atoms with Gasteiger partial charge in [-0.2, -0.15) is 5.10 Å². The topological polar surface area (TPSA) is 55.1 Å². The van der Waals surface area contributed by atoms with Gasteiger partial charge in [0.05, 0.1) is 6.54 Å². The van der Waals surface area contributed by atoms with Crippen molar-refractivity contribution < 1.29 is 9.90 Å². The number of hydrogen-bond donors (Lipinski definition) is 1. The van der Waals surface area contributed by atoms with Crippen LogP contribution in [0.25, 0.3) is 0 Å². The number of benzene rings is 1. The van der Waals surface area contributed by atoms with Crippen LogP contribution in [0.5, 0.6) is 0 Å². The summed E-state index contributed by atoms with van der Waals surface area (Å²) in [4.78, 5) is 10.7. The van der Waals surface area contributed by atoms with Gasteiger partial charge in [0.1, 0.15) is 0 Å². The fraction of sp³-hybridized carbons (Fsp3) is 0.231. The summed E-state index contributed by atoms with van der Waals surface area (Å²) in [6, 6.07) is 9.75. The molecule has 0 spiro atoms. The minimum absolute atomic E-state index is 0.0789. The Labute approximate surface area is 99.5 Å². The van der Waals surface area contributed by atoms with E-state index in [9.17, 15) is 4.79 Å². The Balaban J connectivity index is 2.11. The fourth-order valence-electron chi connectivity index (χ4n) is 1.63. The average Bonchev–Trinajstić information content (AvgIpc) is 2.79. The van der Waals surface area contributed by atoms with E-state index < -0.39 is 5.97 Å². The van der Waals surface area contributed by atoms with Crippen molar-refractivity contribution >= 4 is 5.97 Å². The number of carboxylic acid groups (broad SMARTS) is 1. The first-order chi connectivity index (χ1) is 8.19. The molecule has 0 aliphatic heterocycles. The summed E-state index contributed by atoms with van der Waals surface area (Å²) in [6.45, 7) is 2.71. The third kappa shape index (κ3) is 2.72. The van der Waals surface area contributed by atoms with E-state index in [0.29, 0.717) is 6.54 Å². The van der Waals surface area contributed by atoms with Crippen molar-refractivity contribution in [2.75, 3.05) is 0 Å². The predicted octanol–water partition coefficient (Wildman–Crippen LogP) is 2.19. The molecule has 2 aromatic rings. The molecule has 0 unspecified atom stereocenters. The summed E-state index contributed by atoms with van der Waals surface area (Å²) in [5, 5.41) is 12.7. The largest absolute Gasteiger partial charge is 0.476 e. The van der Waals surface area contributed by atoms with E-state index in [1.165, 1.54) is 11.6 Å². The Hall–Kier alpha value is -2.10. The van der Waals surface area contributed by atoms with E-state index in [1.54, 1.807) is 10.9 Å². The van der Waals surface area contributed by atoms with Crippen molar-refractivity contribution in [1.82, 2.24) is 9.78 Å². The van der Waals surface area contributed by atoms with Gasteiger partial charge in [-0.25, -0.2) is 4.79 Å². The summed E-state index contributed by atoms with van der Waals surface area (Å²) in [5.41, 5.74) is 2.48. The molecule has 17 heavy (non-hydrogen) atoms. The molecule has 2 rings (SSSR count). The van der Waals surface area contributed by atoms with Crippen LogP contribution in [-0.4, -0.2) is 20.9 Å². The number of rotatable bonds is 4. The van der Waals surface area contributed by atoms with Crippen LogP contribution < -0.4 is 0 Å². The van der Waals surface area contributed by atoms with E-state index >= 15 is 0 Å². The van der Waals surface area contributed by atoms with Gasteiger partial charge in [-0.05, 0) is 23.6 Å². The van der Waals surface area contributed by atoms with Crippen LogP contribution >= 0.6 is 0 Å². The highest BCUT2D eigenvalue weighted by molar-refractivity contribution is 5.85. The monoisotopic (exact) mass is 230 g/mol. The fourth-order valence-corrected chi connectivity index (χ4v) is 1.63. The molecule has 0 fully saturated rings. The Kier molecular flexibility index (Phi) is 3.23. The molecular formula is C13H14N2O2. The predicted molar refractivity (Wildman–Crippen MR) is 64.1 cm³/mol. The molecule has 4 nitrogen and oxygen atoms in total. The molecule has 0 amide bonds. The molecule has 0 atom stereocenters. The smallest absolute Gasteiger partial charge is 0.356 e. The van der Waals surface area contributed by atoms with Gasteiger partial charge in [0, 0.05) is 6.20 Å². The van der Waals surface area contributed by atoms with Gasteiger partial charge in [-0.15, -0.1) is 0 Å². The molecule has 1 heterocycles. The van der Waals surface area contributed by atoms with E-state index in [1.807, 2.05) is 12.1 Å². The standard InChI is InChI=1S/C13H14N2O2/c1-2-10-3-5-11(6-4-10)9-15-8-7-12(14-15)13(16)17/h3-8H,2,9H2,1H3,(H,16,17). The van der Waals surface area contributed by atoms with E-state index in [2.05, 4.69) is 24.2 Å². The van der Waals surface area contributed by atoms with Gasteiger partial charge in [0.2, 0.25) is 0 Å². The van der Waals surface area contributed by atoms with Crippen LogP contribution in [-0.2, 0) is 13.0 Å². The van der Waals surface area contributed by atoms with Crippen LogP contribution in [0.3, 0.4) is 0 Å². The normalized spacial score (nSPS) is 10.4. The van der Waals surface area contributed by atoms with Gasteiger partial charge >= 0.3 is 5.97 Å². The molecule has 1 aromatic heterocycles. The van der Waals surface area contributed by atoms with Crippen LogP contribution in [0, 0.1) is 0 Å². The van der Waals surface area contributed by atoms with Crippen LogP contribution in [0.4, 0.5) is 0 Å². The van der Waals surface area contributed by atoms with Gasteiger partial charge in [0.25, 0.3) is 0 Å². The average molecular weight is 230 g/mol. The third-order valence-electron chi connectivity index (χ3n) is 2.64. The zero-order chi connectivity index (χ0) is 12.3. The third-order valence-corrected chi connectivity index (χ3v) is 2.64. The van der Waals surface area contributed by atoms with Crippen molar-refractivity contribution in [2.45, 2.75) is 19.9 Å². The maximum atomic E-state index is 10.7. The molecule has 1 aromatic carbocycles. The summed E-state index contributed by atoms with van der Waals surface area (Å²) >= 11 is 0. The molecule has 0 bridgehead atoms. The SMILES string of the molecule is CCc1ccc(Cn2ccc(C(=O)O)n2)cc1. The molecule has 0 saturated heterocycles. The number of hydrogen-bond acceptors (Lipinski definition) is 2. The summed E-state index contributed by atoms with van der Waals surface area (Å²) < 4.78 is 1.63. The van der Waals surface area contributed by atoms with Gasteiger partial charge in [-0.1, -0.05) is 31.2 Å². The zero-order valence-corrected chi connectivity index (χ0v) is 9.63. The minimum Gasteiger partial charge on any atom is -0.476 e. The number of aryl methyl sites for hydroxylation is 1. The number of carbonyl (C=O) groups is 1. The second-order valence-corrected chi connectivity index (χ2v) is 3.87. The highest BCUT2D eigenvalue weighted by Crippen LogP contribution is 2.07. The minimum atomic E-state index is -0.995. The van der Waals surface area contributed by atoms with Gasteiger partial charge in [0.15, 0.2) is 5.69 Å². The molecule has 1 N–H and O–H groups in total. The lowest BCUT2D eigenvalue weighted by molar-refractivity contribution is 0.0689. The Morgan fingerprint density at radius 1 is 1.24 bits per heavy atom. The Morgan fingerprint density at radius 3 is 2.41 bits per heavy atom. The molecule has 0 aliphatic rings. The lowest BCUT2D eigenvalue weighted by Crippen LogP contribution is -2.03. The van der Waals surface area contributed by atoms with E-state index in [0.717, 1.165) is 12.0 Å².